The molecule has 5 nitrogen and oxygen atoms in total. The van der Waals surface area contributed by atoms with E-state index in [1.165, 1.54) is 23.6 Å². The summed E-state index contributed by atoms with van der Waals surface area (Å²) < 4.78 is 0. The highest BCUT2D eigenvalue weighted by molar-refractivity contribution is 5.89. The number of carbonyl (C=O) groups is 2. The van der Waals surface area contributed by atoms with Crippen LogP contribution in [0.5, 0.6) is 0 Å². The molecule has 1 heterocycles. The average Bonchev–Trinajstić information content (AvgIpc) is 2.87. The van der Waals surface area contributed by atoms with Crippen LogP contribution in [0.3, 0.4) is 0 Å². The van der Waals surface area contributed by atoms with Crippen LogP contribution in [0.4, 0.5) is 5.69 Å². The molecule has 1 aromatic heterocycles. The average molecular weight is 361 g/mol. The number of rotatable bonds is 2. The lowest BCUT2D eigenvalue weighted by molar-refractivity contribution is -0.119. The maximum atomic E-state index is 11.5. The van der Waals surface area contributed by atoms with Crippen LogP contribution >= 0.6 is 0 Å². The molecule has 2 amide bonds. The van der Waals surface area contributed by atoms with Crippen LogP contribution in [0.25, 0.3) is 17.3 Å². The molecule has 0 saturated carbocycles. The van der Waals surface area contributed by atoms with Gasteiger partial charge in [-0.05, 0) is 66.6 Å². The van der Waals surface area contributed by atoms with Crippen LogP contribution in [-0.4, -0.2) is 22.8 Å². The monoisotopic (exact) mass is 361 g/mol. The van der Waals surface area contributed by atoms with Crippen molar-refractivity contribution in [2.45, 2.75) is 45.6 Å². The Morgan fingerprint density at radius 2 is 1.93 bits per heavy atom. The molecule has 4 rings (SSSR count). The van der Waals surface area contributed by atoms with Gasteiger partial charge in [-0.3, -0.25) is 9.59 Å². The first-order valence-electron chi connectivity index (χ1n) is 9.38. The third-order valence-corrected chi connectivity index (χ3v) is 5.12. The van der Waals surface area contributed by atoms with Gasteiger partial charge in [-0.15, -0.1) is 0 Å². The number of hydrogen-bond acceptors (Lipinski definition) is 3. The number of nitrogens with one attached hydrogen (secondary N) is 2. The van der Waals surface area contributed by atoms with Crippen LogP contribution in [0, 0.1) is 0 Å². The fraction of sp³-hybridized carbons (Fsp3) is 0.318. The first kappa shape index (κ1) is 17.5. The number of nitrogens with zero attached hydrogens (tertiary/aromatic N) is 1. The van der Waals surface area contributed by atoms with Crippen molar-refractivity contribution in [2.75, 3.05) is 5.32 Å². The third kappa shape index (κ3) is 3.63. The summed E-state index contributed by atoms with van der Waals surface area (Å²) in [6.07, 6.45) is 7.77. The summed E-state index contributed by atoms with van der Waals surface area (Å²) in [4.78, 5) is 27.8. The lowest BCUT2D eigenvalue weighted by atomic mass is 9.95. The summed E-state index contributed by atoms with van der Waals surface area (Å²) in [6.45, 7) is 3.07. The fourth-order valence-electron chi connectivity index (χ4n) is 4.06. The first-order valence-corrected chi connectivity index (χ1v) is 9.38. The Labute approximate surface area is 158 Å². The molecule has 0 fully saturated rings. The van der Waals surface area contributed by atoms with Gasteiger partial charge in [0.1, 0.15) is 0 Å². The molecule has 0 aliphatic heterocycles. The van der Waals surface area contributed by atoms with Crippen molar-refractivity contribution in [3.8, 4) is 11.3 Å². The molecule has 2 N–H and O–H groups in total. The van der Waals surface area contributed by atoms with E-state index in [0.29, 0.717) is 0 Å². The number of benzene rings is 1. The zero-order valence-corrected chi connectivity index (χ0v) is 15.6. The normalized spacial score (nSPS) is 17.2. The number of amides is 2. The fourth-order valence-corrected chi connectivity index (χ4v) is 4.06. The summed E-state index contributed by atoms with van der Waals surface area (Å²) in [7, 11) is 0. The molecule has 138 valence electrons. The molecule has 1 aromatic carbocycles. The maximum Gasteiger partial charge on any atom is 0.221 e. The zero-order chi connectivity index (χ0) is 19.0. The largest absolute Gasteiger partial charge is 0.350 e. The van der Waals surface area contributed by atoms with Crippen LogP contribution < -0.4 is 10.6 Å². The van der Waals surface area contributed by atoms with Gasteiger partial charge in [-0.2, -0.15) is 0 Å². The van der Waals surface area contributed by atoms with E-state index in [0.717, 1.165) is 48.3 Å². The highest BCUT2D eigenvalue weighted by atomic mass is 16.2. The van der Waals surface area contributed by atoms with Gasteiger partial charge < -0.3 is 10.6 Å². The molecule has 0 spiro atoms. The number of carbonyl (C=O) groups excluding carboxylic acids is 2. The smallest absolute Gasteiger partial charge is 0.221 e. The molecule has 1 unspecified atom stereocenters. The van der Waals surface area contributed by atoms with E-state index in [-0.39, 0.29) is 17.9 Å². The van der Waals surface area contributed by atoms with E-state index < -0.39 is 0 Å². The topological polar surface area (TPSA) is 71.1 Å². The molecular weight excluding hydrogens is 338 g/mol. The minimum atomic E-state index is -0.0632. The van der Waals surface area contributed by atoms with Gasteiger partial charge in [-0.1, -0.05) is 12.1 Å². The van der Waals surface area contributed by atoms with E-state index in [2.05, 4.69) is 28.8 Å². The van der Waals surface area contributed by atoms with Crippen LogP contribution in [0.1, 0.15) is 42.7 Å². The molecule has 2 aromatic rings. The van der Waals surface area contributed by atoms with Crippen LogP contribution in [-0.2, 0) is 28.9 Å². The SMILES string of the molecule is CC(=O)Nc1ccc2c(c1)CCCc1c3cc(nc1-2)C=CC(NC(C)=O)C3. The molecular formula is C22H23N3O2. The highest BCUT2D eigenvalue weighted by Crippen LogP contribution is 2.36. The third-order valence-electron chi connectivity index (χ3n) is 5.12. The highest BCUT2D eigenvalue weighted by Gasteiger charge is 2.23. The Morgan fingerprint density at radius 1 is 1.07 bits per heavy atom. The number of pyridine rings is 1. The van der Waals surface area contributed by atoms with Crippen molar-refractivity contribution in [1.82, 2.24) is 10.3 Å². The van der Waals surface area contributed by atoms with Crippen molar-refractivity contribution in [2.24, 2.45) is 0 Å². The summed E-state index contributed by atoms with van der Waals surface area (Å²) in [6, 6.07) is 8.22. The predicted octanol–water partition coefficient (Wildman–Crippen LogP) is 3.27. The molecule has 2 aliphatic carbocycles. The van der Waals surface area contributed by atoms with Crippen molar-refractivity contribution < 1.29 is 9.59 Å². The number of aryl methyl sites for hydroxylation is 1. The lowest BCUT2D eigenvalue weighted by Gasteiger charge is -2.17. The molecule has 5 heteroatoms. The lowest BCUT2D eigenvalue weighted by Crippen LogP contribution is -2.33. The first-order chi connectivity index (χ1) is 13.0. The minimum Gasteiger partial charge on any atom is -0.350 e. The number of hydrogen-bond donors (Lipinski definition) is 2. The Morgan fingerprint density at radius 3 is 2.70 bits per heavy atom. The second kappa shape index (κ2) is 6.99. The van der Waals surface area contributed by atoms with E-state index >= 15 is 0 Å². The van der Waals surface area contributed by atoms with Gasteiger partial charge in [-0.25, -0.2) is 4.98 Å². The van der Waals surface area contributed by atoms with Gasteiger partial charge in [0, 0.05) is 25.1 Å². The molecule has 0 radical (unpaired) electrons. The zero-order valence-electron chi connectivity index (χ0n) is 15.6. The Balaban J connectivity index is 1.78. The summed E-state index contributed by atoms with van der Waals surface area (Å²) in [5, 5.41) is 5.87. The van der Waals surface area contributed by atoms with E-state index in [9.17, 15) is 9.59 Å². The van der Waals surface area contributed by atoms with Gasteiger partial charge in [0.2, 0.25) is 11.8 Å². The molecule has 2 bridgehead atoms. The van der Waals surface area contributed by atoms with Gasteiger partial charge in [0.05, 0.1) is 17.4 Å². The maximum absolute atomic E-state index is 11.5. The van der Waals surface area contributed by atoms with E-state index in [1.807, 2.05) is 18.2 Å². The summed E-state index contributed by atoms with van der Waals surface area (Å²) in [5.74, 6) is -0.0822. The molecule has 2 aliphatic rings. The Kier molecular flexibility index (Phi) is 4.52. The van der Waals surface area contributed by atoms with Crippen LogP contribution in [0.15, 0.2) is 30.3 Å². The van der Waals surface area contributed by atoms with E-state index in [4.69, 9.17) is 4.98 Å². The summed E-state index contributed by atoms with van der Waals surface area (Å²) in [5.41, 5.74) is 7.70. The van der Waals surface area contributed by atoms with Crippen molar-refractivity contribution in [3.63, 3.8) is 0 Å². The standard InChI is InChI=1S/C22H23N3O2/c1-13(26)23-17-6-7-19-12-16(11-17)20-5-3-4-15-10-18(24-14(2)27)8-9-21(15)22(20)25-19/h6-10,12,17H,3-5,11H2,1-2H3,(H,23,26)(H,24,27). The molecule has 0 saturated heterocycles. The van der Waals surface area contributed by atoms with Crippen molar-refractivity contribution >= 4 is 23.6 Å². The minimum absolute atomic E-state index is 0.00170. The molecule has 1 atom stereocenters. The van der Waals surface area contributed by atoms with Crippen LogP contribution in [0.2, 0.25) is 0 Å². The number of fused-ring (bicyclic) bond motifs is 6. The molecule has 27 heavy (non-hydrogen) atoms. The van der Waals surface area contributed by atoms with Crippen molar-refractivity contribution in [1.29, 1.82) is 0 Å². The number of aromatic nitrogens is 1. The second-order valence-corrected chi connectivity index (χ2v) is 7.31. The second-order valence-electron chi connectivity index (χ2n) is 7.31. The number of anilines is 1. The quantitative estimate of drug-likeness (QED) is 0.862. The summed E-state index contributed by atoms with van der Waals surface area (Å²) >= 11 is 0. The van der Waals surface area contributed by atoms with Gasteiger partial charge in [0.15, 0.2) is 0 Å². The van der Waals surface area contributed by atoms with Crippen molar-refractivity contribution in [3.05, 3.63) is 52.7 Å². The predicted molar refractivity (Wildman–Crippen MR) is 106 cm³/mol. The van der Waals surface area contributed by atoms with E-state index in [1.54, 1.807) is 6.92 Å². The van der Waals surface area contributed by atoms with Gasteiger partial charge in [0.25, 0.3) is 0 Å². The Hall–Kier alpha value is -2.95. The Bertz CT molecular complexity index is 962. The van der Waals surface area contributed by atoms with Gasteiger partial charge >= 0.3 is 0 Å².